The molecule has 0 saturated heterocycles. The van der Waals surface area contributed by atoms with Crippen LogP contribution in [0, 0.1) is 5.82 Å². The van der Waals surface area contributed by atoms with E-state index in [4.69, 9.17) is 11.6 Å². The van der Waals surface area contributed by atoms with E-state index in [1.807, 2.05) is 35.0 Å². The van der Waals surface area contributed by atoms with Gasteiger partial charge in [0.2, 0.25) is 0 Å². The van der Waals surface area contributed by atoms with Gasteiger partial charge >= 0.3 is 0 Å². The van der Waals surface area contributed by atoms with Gasteiger partial charge in [0.1, 0.15) is 11.5 Å². The number of fused-ring (bicyclic) bond motifs is 1. The van der Waals surface area contributed by atoms with E-state index in [2.05, 4.69) is 10.3 Å². The fourth-order valence-electron chi connectivity index (χ4n) is 1.87. The smallest absolute Gasteiger partial charge is 0.143 e. The second-order valence-corrected chi connectivity index (χ2v) is 4.59. The molecule has 1 N–H and O–H groups in total. The molecule has 96 valence electrons. The van der Waals surface area contributed by atoms with Gasteiger partial charge in [0, 0.05) is 18.1 Å². The van der Waals surface area contributed by atoms with E-state index in [-0.39, 0.29) is 5.02 Å². The van der Waals surface area contributed by atoms with Crippen LogP contribution < -0.4 is 5.32 Å². The summed E-state index contributed by atoms with van der Waals surface area (Å²) < 4.78 is 15.2. The second kappa shape index (κ2) is 4.90. The van der Waals surface area contributed by atoms with Gasteiger partial charge in [-0.2, -0.15) is 0 Å². The lowest BCUT2D eigenvalue weighted by atomic mass is 10.3. The second-order valence-electron chi connectivity index (χ2n) is 4.18. The van der Waals surface area contributed by atoms with Crippen LogP contribution in [0.2, 0.25) is 5.02 Å². The number of nitrogens with one attached hydrogen (secondary N) is 1. The van der Waals surface area contributed by atoms with Crippen molar-refractivity contribution in [3.05, 3.63) is 65.3 Å². The van der Waals surface area contributed by atoms with Crippen LogP contribution >= 0.6 is 11.6 Å². The lowest BCUT2D eigenvalue weighted by molar-refractivity contribution is 0.628. The first-order valence-corrected chi connectivity index (χ1v) is 6.22. The number of rotatable bonds is 3. The van der Waals surface area contributed by atoms with E-state index >= 15 is 0 Å². The highest BCUT2D eigenvalue weighted by Gasteiger charge is 2.03. The molecule has 19 heavy (non-hydrogen) atoms. The zero-order valence-electron chi connectivity index (χ0n) is 9.98. The fourth-order valence-corrected chi connectivity index (χ4v) is 1.99. The predicted molar refractivity (Wildman–Crippen MR) is 73.9 cm³/mol. The summed E-state index contributed by atoms with van der Waals surface area (Å²) in [4.78, 5) is 4.45. The maximum atomic E-state index is 13.3. The molecule has 0 bridgehead atoms. The van der Waals surface area contributed by atoms with Gasteiger partial charge in [-0.25, -0.2) is 9.37 Å². The molecular weight excluding hydrogens is 265 g/mol. The van der Waals surface area contributed by atoms with Crippen LogP contribution in [0.4, 0.5) is 10.1 Å². The van der Waals surface area contributed by atoms with E-state index < -0.39 is 5.82 Å². The third kappa shape index (κ3) is 2.53. The number of hydrogen-bond acceptors (Lipinski definition) is 2. The Bertz CT molecular complexity index is 691. The number of pyridine rings is 1. The molecule has 3 nitrogen and oxygen atoms in total. The zero-order valence-corrected chi connectivity index (χ0v) is 10.7. The van der Waals surface area contributed by atoms with Gasteiger partial charge in [0.15, 0.2) is 0 Å². The van der Waals surface area contributed by atoms with Crippen molar-refractivity contribution in [2.24, 2.45) is 0 Å². The minimum atomic E-state index is -0.429. The molecule has 0 fully saturated rings. The maximum absolute atomic E-state index is 13.3. The summed E-state index contributed by atoms with van der Waals surface area (Å²) >= 11 is 5.63. The molecule has 0 spiro atoms. The Balaban J connectivity index is 1.76. The summed E-state index contributed by atoms with van der Waals surface area (Å²) in [7, 11) is 0. The Morgan fingerprint density at radius 2 is 2.16 bits per heavy atom. The summed E-state index contributed by atoms with van der Waals surface area (Å²) in [6, 6.07) is 10.5. The zero-order chi connectivity index (χ0) is 13.2. The molecular formula is C14H11ClFN3. The van der Waals surface area contributed by atoms with Crippen LogP contribution in [0.15, 0.2) is 48.8 Å². The molecule has 0 aliphatic carbocycles. The number of nitrogens with zero attached hydrogens (tertiary/aromatic N) is 2. The third-order valence-electron chi connectivity index (χ3n) is 2.81. The highest BCUT2D eigenvalue weighted by atomic mass is 35.5. The Morgan fingerprint density at radius 3 is 2.95 bits per heavy atom. The number of anilines is 1. The summed E-state index contributed by atoms with van der Waals surface area (Å²) in [5.41, 5.74) is 2.46. The third-order valence-corrected chi connectivity index (χ3v) is 3.11. The normalized spacial score (nSPS) is 10.8. The van der Waals surface area contributed by atoms with E-state index in [1.165, 1.54) is 12.1 Å². The van der Waals surface area contributed by atoms with Crippen LogP contribution in [0.5, 0.6) is 0 Å². The molecule has 0 atom stereocenters. The summed E-state index contributed by atoms with van der Waals surface area (Å²) in [6.07, 6.45) is 3.88. The Morgan fingerprint density at radius 1 is 1.26 bits per heavy atom. The van der Waals surface area contributed by atoms with Crippen molar-refractivity contribution < 1.29 is 4.39 Å². The molecule has 0 aliphatic rings. The summed E-state index contributed by atoms with van der Waals surface area (Å²) in [6.45, 7) is 0.531. The first-order valence-electron chi connectivity index (χ1n) is 5.84. The average Bonchev–Trinajstić information content (AvgIpc) is 2.83. The van der Waals surface area contributed by atoms with Crippen molar-refractivity contribution >= 4 is 22.9 Å². The summed E-state index contributed by atoms with van der Waals surface area (Å²) in [5.74, 6) is -0.429. The average molecular weight is 276 g/mol. The van der Waals surface area contributed by atoms with E-state index in [9.17, 15) is 4.39 Å². The monoisotopic (exact) mass is 275 g/mol. The first-order chi connectivity index (χ1) is 9.22. The number of halogens is 2. The summed E-state index contributed by atoms with van der Waals surface area (Å²) in [5, 5.41) is 3.24. The van der Waals surface area contributed by atoms with Gasteiger partial charge in [-0.1, -0.05) is 17.7 Å². The van der Waals surface area contributed by atoms with Gasteiger partial charge in [0.25, 0.3) is 0 Å². The molecule has 0 radical (unpaired) electrons. The van der Waals surface area contributed by atoms with Crippen LogP contribution in [0.1, 0.15) is 5.69 Å². The van der Waals surface area contributed by atoms with Gasteiger partial charge in [-0.05, 0) is 30.3 Å². The molecule has 0 aliphatic heterocycles. The molecule has 1 aromatic carbocycles. The van der Waals surface area contributed by atoms with E-state index in [0.29, 0.717) is 12.2 Å². The van der Waals surface area contributed by atoms with Crippen LogP contribution in [0.25, 0.3) is 5.65 Å². The van der Waals surface area contributed by atoms with Gasteiger partial charge < -0.3 is 9.72 Å². The lowest BCUT2D eigenvalue weighted by Gasteiger charge is -2.04. The van der Waals surface area contributed by atoms with Crippen LogP contribution in [-0.2, 0) is 6.54 Å². The van der Waals surface area contributed by atoms with Crippen molar-refractivity contribution in [2.75, 3.05) is 5.32 Å². The number of imidazole rings is 1. The van der Waals surface area contributed by atoms with Crippen LogP contribution in [-0.4, -0.2) is 9.38 Å². The Kier molecular flexibility index (Phi) is 3.09. The van der Waals surface area contributed by atoms with Crippen molar-refractivity contribution in [3.63, 3.8) is 0 Å². The van der Waals surface area contributed by atoms with Crippen molar-refractivity contribution in [1.29, 1.82) is 0 Å². The van der Waals surface area contributed by atoms with Gasteiger partial charge in [-0.15, -0.1) is 0 Å². The topological polar surface area (TPSA) is 29.3 Å². The molecule has 3 rings (SSSR count). The molecule has 0 amide bonds. The quantitative estimate of drug-likeness (QED) is 0.789. The van der Waals surface area contributed by atoms with Crippen LogP contribution in [0.3, 0.4) is 0 Å². The SMILES string of the molecule is Fc1cc(NCc2cn3ccccc3n2)ccc1Cl. The standard InChI is InChI=1S/C14H11ClFN3/c15-12-5-4-10(7-13(12)16)17-8-11-9-19-6-2-1-3-14(19)18-11/h1-7,9,17H,8H2. The van der Waals surface area contributed by atoms with Gasteiger partial charge in [0.05, 0.1) is 17.3 Å². The highest BCUT2D eigenvalue weighted by molar-refractivity contribution is 6.30. The van der Waals surface area contributed by atoms with Gasteiger partial charge in [-0.3, -0.25) is 0 Å². The van der Waals surface area contributed by atoms with E-state index in [1.54, 1.807) is 6.07 Å². The number of hydrogen-bond donors (Lipinski definition) is 1. The minimum absolute atomic E-state index is 0.123. The van der Waals surface area contributed by atoms with E-state index in [0.717, 1.165) is 11.3 Å². The molecule has 0 unspecified atom stereocenters. The number of benzene rings is 1. The molecule has 2 heterocycles. The maximum Gasteiger partial charge on any atom is 0.143 e. The molecule has 3 aromatic rings. The molecule has 5 heteroatoms. The Hall–Kier alpha value is -2.07. The minimum Gasteiger partial charge on any atom is -0.379 e. The first kappa shape index (κ1) is 12.0. The van der Waals surface area contributed by atoms with Crippen molar-refractivity contribution in [1.82, 2.24) is 9.38 Å². The van der Waals surface area contributed by atoms with Crippen molar-refractivity contribution in [2.45, 2.75) is 6.54 Å². The van der Waals surface area contributed by atoms with Crippen molar-refractivity contribution in [3.8, 4) is 0 Å². The Labute approximate surface area is 114 Å². The predicted octanol–water partition coefficient (Wildman–Crippen LogP) is 3.74. The number of aromatic nitrogens is 2. The highest BCUT2D eigenvalue weighted by Crippen LogP contribution is 2.19. The largest absolute Gasteiger partial charge is 0.379 e. The fraction of sp³-hybridized carbons (Fsp3) is 0.0714. The molecule has 0 saturated carbocycles. The lowest BCUT2D eigenvalue weighted by Crippen LogP contribution is -1.99. The molecule has 2 aromatic heterocycles.